The first-order valence-electron chi connectivity index (χ1n) is 8.80. The Morgan fingerprint density at radius 1 is 1.12 bits per heavy atom. The summed E-state index contributed by atoms with van der Waals surface area (Å²) >= 11 is 0. The number of carbonyl (C=O) groups is 1. The predicted octanol–water partition coefficient (Wildman–Crippen LogP) is 5.11. The topological polar surface area (TPSA) is 81.5 Å². The van der Waals surface area contributed by atoms with E-state index < -0.39 is 4.92 Å². The van der Waals surface area contributed by atoms with Crippen molar-refractivity contribution >= 4 is 17.3 Å². The number of non-ortho nitro benzene ring substituents is 1. The summed E-state index contributed by atoms with van der Waals surface area (Å²) in [6, 6.07) is 11.3. The van der Waals surface area contributed by atoms with Gasteiger partial charge in [0.1, 0.15) is 5.75 Å². The van der Waals surface area contributed by atoms with E-state index in [9.17, 15) is 14.9 Å². The molecule has 0 unspecified atom stereocenters. The van der Waals surface area contributed by atoms with Crippen molar-refractivity contribution in [2.75, 3.05) is 11.9 Å². The fourth-order valence-corrected chi connectivity index (χ4v) is 2.47. The molecule has 0 radical (unpaired) electrons. The Hall–Kier alpha value is -2.89. The lowest BCUT2D eigenvalue weighted by Gasteiger charge is -2.09. The number of ether oxygens (including phenoxy) is 1. The first-order valence-corrected chi connectivity index (χ1v) is 8.80. The monoisotopic (exact) mass is 356 g/mol. The van der Waals surface area contributed by atoms with Gasteiger partial charge >= 0.3 is 0 Å². The summed E-state index contributed by atoms with van der Waals surface area (Å²) < 4.78 is 5.66. The highest BCUT2D eigenvalue weighted by Crippen LogP contribution is 2.23. The summed E-state index contributed by atoms with van der Waals surface area (Å²) in [6.07, 6.45) is 4.56. The molecule has 2 rings (SSSR count). The van der Waals surface area contributed by atoms with Crippen LogP contribution in [0.2, 0.25) is 0 Å². The van der Waals surface area contributed by atoms with E-state index in [2.05, 4.69) is 12.2 Å². The molecule has 26 heavy (non-hydrogen) atoms. The maximum absolute atomic E-state index is 12.4. The van der Waals surface area contributed by atoms with Crippen LogP contribution in [0.5, 0.6) is 5.75 Å². The van der Waals surface area contributed by atoms with Crippen molar-refractivity contribution in [1.82, 2.24) is 0 Å². The molecule has 0 bridgehead atoms. The largest absolute Gasteiger partial charge is 0.494 e. The lowest BCUT2D eigenvalue weighted by Crippen LogP contribution is -2.13. The van der Waals surface area contributed by atoms with Crippen LogP contribution in [0, 0.1) is 17.0 Å². The van der Waals surface area contributed by atoms with Crippen LogP contribution in [0.15, 0.2) is 42.5 Å². The third-order valence-electron chi connectivity index (χ3n) is 4.06. The molecule has 0 aliphatic carbocycles. The fourth-order valence-electron chi connectivity index (χ4n) is 2.47. The summed E-state index contributed by atoms with van der Waals surface area (Å²) in [5, 5.41) is 13.6. The lowest BCUT2D eigenvalue weighted by molar-refractivity contribution is -0.384. The SMILES string of the molecule is CCCCCCOc1ccc(C(=O)Nc2cc([N+](=O)[O-])ccc2C)cc1. The summed E-state index contributed by atoms with van der Waals surface area (Å²) in [5.74, 6) is 0.410. The second-order valence-electron chi connectivity index (χ2n) is 6.14. The van der Waals surface area contributed by atoms with Crippen LogP contribution in [0.25, 0.3) is 0 Å². The van der Waals surface area contributed by atoms with Crippen molar-refractivity contribution in [2.45, 2.75) is 39.5 Å². The molecule has 2 aromatic carbocycles. The zero-order chi connectivity index (χ0) is 18.9. The molecular weight excluding hydrogens is 332 g/mol. The fraction of sp³-hybridized carbons (Fsp3) is 0.350. The third kappa shape index (κ3) is 5.58. The molecule has 0 spiro atoms. The van der Waals surface area contributed by atoms with Crippen molar-refractivity contribution in [3.63, 3.8) is 0 Å². The van der Waals surface area contributed by atoms with E-state index in [0.29, 0.717) is 17.9 Å². The van der Waals surface area contributed by atoms with Crippen LogP contribution >= 0.6 is 0 Å². The molecule has 6 nitrogen and oxygen atoms in total. The van der Waals surface area contributed by atoms with Gasteiger partial charge in [0.25, 0.3) is 11.6 Å². The number of rotatable bonds is 9. The Morgan fingerprint density at radius 2 is 1.85 bits per heavy atom. The minimum Gasteiger partial charge on any atom is -0.494 e. The number of unbranched alkanes of at least 4 members (excludes halogenated alkanes) is 3. The molecular formula is C20H24N2O4. The maximum Gasteiger partial charge on any atom is 0.271 e. The van der Waals surface area contributed by atoms with Crippen molar-refractivity contribution in [3.8, 4) is 5.75 Å². The number of nitrogens with one attached hydrogen (secondary N) is 1. The molecule has 0 fully saturated rings. The average molecular weight is 356 g/mol. The number of anilines is 1. The van der Waals surface area contributed by atoms with Gasteiger partial charge in [-0.15, -0.1) is 0 Å². The Kier molecular flexibility index (Phi) is 7.14. The number of amides is 1. The number of nitro groups is 1. The van der Waals surface area contributed by atoms with Crippen LogP contribution in [-0.4, -0.2) is 17.4 Å². The van der Waals surface area contributed by atoms with Gasteiger partial charge in [0.05, 0.1) is 17.2 Å². The zero-order valence-corrected chi connectivity index (χ0v) is 15.2. The normalized spacial score (nSPS) is 10.4. The standard InChI is InChI=1S/C20H24N2O4/c1-3-4-5-6-13-26-18-11-8-16(9-12-18)20(23)21-19-14-17(22(24)25)10-7-15(19)2/h7-12,14H,3-6,13H2,1-2H3,(H,21,23). The highest BCUT2D eigenvalue weighted by molar-refractivity contribution is 6.04. The lowest BCUT2D eigenvalue weighted by atomic mass is 10.1. The van der Waals surface area contributed by atoms with E-state index >= 15 is 0 Å². The van der Waals surface area contributed by atoms with Crippen molar-refractivity contribution < 1.29 is 14.5 Å². The molecule has 0 aliphatic rings. The Labute approximate surface area is 153 Å². The maximum atomic E-state index is 12.4. The molecule has 0 heterocycles. The first kappa shape index (κ1) is 19.4. The molecule has 0 saturated heterocycles. The number of hydrogen-bond acceptors (Lipinski definition) is 4. The number of carbonyl (C=O) groups excluding carboxylic acids is 1. The van der Waals surface area contributed by atoms with Gasteiger partial charge in [0.15, 0.2) is 0 Å². The van der Waals surface area contributed by atoms with Crippen molar-refractivity contribution in [2.24, 2.45) is 0 Å². The van der Waals surface area contributed by atoms with Gasteiger partial charge in [0, 0.05) is 17.7 Å². The molecule has 0 atom stereocenters. The van der Waals surface area contributed by atoms with Gasteiger partial charge in [-0.25, -0.2) is 0 Å². The minimum absolute atomic E-state index is 0.0577. The molecule has 1 N–H and O–H groups in total. The van der Waals surface area contributed by atoms with Gasteiger partial charge in [-0.05, 0) is 43.2 Å². The summed E-state index contributed by atoms with van der Waals surface area (Å²) in [7, 11) is 0. The highest BCUT2D eigenvalue weighted by Gasteiger charge is 2.12. The van der Waals surface area contributed by atoms with E-state index in [-0.39, 0.29) is 11.6 Å². The van der Waals surface area contributed by atoms with Crippen molar-refractivity contribution in [3.05, 3.63) is 63.7 Å². The molecule has 0 saturated carbocycles. The number of hydrogen-bond donors (Lipinski definition) is 1. The van der Waals surface area contributed by atoms with Gasteiger partial charge < -0.3 is 10.1 Å². The molecule has 138 valence electrons. The van der Waals surface area contributed by atoms with E-state index in [4.69, 9.17) is 4.74 Å². The zero-order valence-electron chi connectivity index (χ0n) is 15.2. The van der Waals surface area contributed by atoms with Crippen LogP contribution in [0.3, 0.4) is 0 Å². The molecule has 2 aromatic rings. The van der Waals surface area contributed by atoms with Crippen LogP contribution in [0.4, 0.5) is 11.4 Å². The average Bonchev–Trinajstić information content (AvgIpc) is 2.63. The quantitative estimate of drug-likeness (QED) is 0.384. The number of nitro benzene ring substituents is 1. The third-order valence-corrected chi connectivity index (χ3v) is 4.06. The Morgan fingerprint density at radius 3 is 2.50 bits per heavy atom. The predicted molar refractivity (Wildman–Crippen MR) is 102 cm³/mol. The smallest absolute Gasteiger partial charge is 0.271 e. The number of aryl methyl sites for hydroxylation is 1. The summed E-state index contributed by atoms with van der Waals surface area (Å²) in [5.41, 5.74) is 1.60. The second kappa shape index (κ2) is 9.56. The second-order valence-corrected chi connectivity index (χ2v) is 6.14. The molecule has 6 heteroatoms. The Bertz CT molecular complexity index is 757. The van der Waals surface area contributed by atoms with Crippen LogP contribution in [-0.2, 0) is 0 Å². The van der Waals surface area contributed by atoms with Crippen LogP contribution in [0.1, 0.15) is 48.5 Å². The molecule has 0 aromatic heterocycles. The van der Waals surface area contributed by atoms with Crippen LogP contribution < -0.4 is 10.1 Å². The summed E-state index contributed by atoms with van der Waals surface area (Å²) in [6.45, 7) is 4.62. The highest BCUT2D eigenvalue weighted by atomic mass is 16.6. The van der Waals surface area contributed by atoms with Gasteiger partial charge in [-0.2, -0.15) is 0 Å². The first-order chi connectivity index (χ1) is 12.5. The van der Waals surface area contributed by atoms with Crippen molar-refractivity contribution in [1.29, 1.82) is 0 Å². The minimum atomic E-state index is -0.484. The molecule has 1 amide bonds. The van der Waals surface area contributed by atoms with E-state index in [1.165, 1.54) is 25.0 Å². The molecule has 0 aliphatic heterocycles. The Balaban J connectivity index is 1.96. The van der Waals surface area contributed by atoms with Gasteiger partial charge in [-0.1, -0.05) is 32.3 Å². The van der Waals surface area contributed by atoms with E-state index in [1.807, 2.05) is 0 Å². The van der Waals surface area contributed by atoms with Gasteiger partial charge in [0.2, 0.25) is 0 Å². The van der Waals surface area contributed by atoms with E-state index in [0.717, 1.165) is 24.2 Å². The summed E-state index contributed by atoms with van der Waals surface area (Å²) in [4.78, 5) is 22.8. The number of nitrogens with zero attached hydrogens (tertiary/aromatic N) is 1. The van der Waals surface area contributed by atoms with E-state index in [1.54, 1.807) is 37.3 Å². The number of benzene rings is 2. The van der Waals surface area contributed by atoms with Gasteiger partial charge in [-0.3, -0.25) is 14.9 Å².